The molecule has 1 saturated heterocycles. The number of amides is 3. The molecule has 4 aliphatic rings. The zero-order chi connectivity index (χ0) is 38.6. The predicted octanol–water partition coefficient (Wildman–Crippen LogP) is 7.72. The molecule has 1 unspecified atom stereocenters. The molecule has 3 aliphatic carbocycles. The molecule has 4 N–H and O–H groups in total. The van der Waals surface area contributed by atoms with Crippen molar-refractivity contribution in [3.05, 3.63) is 108 Å². The first-order valence-electron chi connectivity index (χ1n) is 20.1. The van der Waals surface area contributed by atoms with Crippen molar-refractivity contribution < 1.29 is 19.1 Å². The van der Waals surface area contributed by atoms with Crippen LogP contribution in [0.1, 0.15) is 81.5 Å². The van der Waals surface area contributed by atoms with Gasteiger partial charge in [0.2, 0.25) is 11.8 Å². The van der Waals surface area contributed by atoms with E-state index in [1.165, 1.54) is 12.7 Å². The number of H-pyrrole nitrogens is 2. The number of nitrogens with one attached hydrogen (secondary N) is 4. The lowest BCUT2D eigenvalue weighted by Crippen LogP contribution is -2.58. The Hall–Kier alpha value is -5.71. The molecule has 3 aromatic carbocycles. The van der Waals surface area contributed by atoms with Crippen LogP contribution in [0.5, 0.6) is 0 Å². The second kappa shape index (κ2) is 14.4. The Kier molecular flexibility index (Phi) is 9.26. The maximum Gasteiger partial charge on any atom is 0.407 e. The van der Waals surface area contributed by atoms with E-state index in [4.69, 9.17) is 14.7 Å². The lowest BCUT2D eigenvalue weighted by atomic mass is 9.46. The summed E-state index contributed by atoms with van der Waals surface area (Å²) in [5.41, 5.74) is 7.10. The lowest BCUT2D eigenvalue weighted by molar-refractivity contribution is -0.146. The summed E-state index contributed by atoms with van der Waals surface area (Å²) in [4.78, 5) is 57.7. The number of benzene rings is 3. The van der Waals surface area contributed by atoms with Crippen molar-refractivity contribution in [1.82, 2.24) is 35.5 Å². The fourth-order valence-electron chi connectivity index (χ4n) is 9.43. The van der Waals surface area contributed by atoms with Gasteiger partial charge in [-0.3, -0.25) is 9.59 Å². The normalized spacial score (nSPS) is 23.7. The fraction of sp³-hybridized carbons (Fsp3) is 0.400. The highest BCUT2D eigenvalue weighted by atomic mass is 16.5. The van der Waals surface area contributed by atoms with Crippen molar-refractivity contribution in [2.75, 3.05) is 13.7 Å². The lowest BCUT2D eigenvalue weighted by Gasteiger charge is -2.57. The third-order valence-corrected chi connectivity index (χ3v) is 12.9. The number of nitrogens with zero attached hydrogens (tertiary/aromatic N) is 3. The van der Waals surface area contributed by atoms with E-state index in [0.29, 0.717) is 18.4 Å². The van der Waals surface area contributed by atoms with E-state index in [9.17, 15) is 14.4 Å². The number of carbonyl (C=O) groups is 3. The Balaban J connectivity index is 0.848. The van der Waals surface area contributed by atoms with Gasteiger partial charge < -0.3 is 30.2 Å². The standard InChI is InChI=1S/C45H49N7O4/c1-26(2)39(50-44(55)56-3)43(54)52-23-7-10-36(52)40-46-24-34(48-40)29-15-11-27(12-16-29)28-13-17-30(18-14-28)35-25-47-41(49-35)37-32-19-20-33(32)38(37)42(53)51-45(21-22-45)31-8-5-4-6-9-31/h4-6,8-9,11-18,24-26,32-33,36-39H,7,10,19-23H2,1-3H3,(H,46,48)(H,47,49)(H,50,55)(H,51,53)/t32?,33-,36+,37-,38-,39+/m1/s1. The number of rotatable bonds is 11. The molecule has 56 heavy (non-hydrogen) atoms. The number of alkyl carbamates (subject to hydrolysis) is 1. The van der Waals surface area contributed by atoms with Crippen LogP contribution < -0.4 is 10.6 Å². The topological polar surface area (TPSA) is 145 Å². The average molecular weight is 752 g/mol. The molecular formula is C45H49N7O4. The molecule has 4 fully saturated rings. The summed E-state index contributed by atoms with van der Waals surface area (Å²) in [6, 6.07) is 26.4. The van der Waals surface area contributed by atoms with E-state index in [1.54, 1.807) is 0 Å². The molecule has 6 atom stereocenters. The van der Waals surface area contributed by atoms with Gasteiger partial charge >= 0.3 is 6.09 Å². The van der Waals surface area contributed by atoms with Gasteiger partial charge in [-0.05, 0) is 84.1 Å². The van der Waals surface area contributed by atoms with E-state index < -0.39 is 12.1 Å². The van der Waals surface area contributed by atoms with Gasteiger partial charge in [0.1, 0.15) is 17.7 Å². The van der Waals surface area contributed by atoms with E-state index >= 15 is 0 Å². The minimum absolute atomic E-state index is 0.0337. The second-order valence-corrected chi connectivity index (χ2v) is 16.5. The SMILES string of the molecule is COC(=O)N[C@H](C(=O)N1CCC[C@H]1c1ncc(-c2ccc(-c3ccc(-c4cnc([C@@H]5C6CC[C@H]6[C@H]5C(=O)NC5(c6ccccc6)CC5)[nH]4)cc3)cc2)[nH]1)C(C)C. The van der Waals surface area contributed by atoms with Crippen molar-refractivity contribution in [1.29, 1.82) is 0 Å². The molecule has 3 heterocycles. The first kappa shape index (κ1) is 36.0. The van der Waals surface area contributed by atoms with Gasteiger partial charge in [-0.2, -0.15) is 0 Å². The minimum Gasteiger partial charge on any atom is -0.453 e. The van der Waals surface area contributed by atoms with Gasteiger partial charge in [0.05, 0.1) is 48.4 Å². The Labute approximate surface area is 327 Å². The van der Waals surface area contributed by atoms with E-state index in [1.807, 2.05) is 37.2 Å². The van der Waals surface area contributed by atoms with Gasteiger partial charge in [0.15, 0.2) is 0 Å². The number of hydrogen-bond acceptors (Lipinski definition) is 6. The van der Waals surface area contributed by atoms with Crippen LogP contribution in [0, 0.1) is 23.7 Å². The second-order valence-electron chi connectivity index (χ2n) is 16.5. The number of imidazole rings is 2. The summed E-state index contributed by atoms with van der Waals surface area (Å²) in [5.74, 6) is 2.70. The van der Waals surface area contributed by atoms with Gasteiger partial charge in [-0.1, -0.05) is 92.7 Å². The van der Waals surface area contributed by atoms with Crippen molar-refractivity contribution in [2.24, 2.45) is 23.7 Å². The molecule has 1 aliphatic heterocycles. The van der Waals surface area contributed by atoms with Crippen LogP contribution in [-0.2, 0) is 19.9 Å². The molecule has 0 bridgehead atoms. The van der Waals surface area contributed by atoms with E-state index in [0.717, 1.165) is 83.8 Å². The number of ether oxygens (including phenoxy) is 1. The van der Waals surface area contributed by atoms with Gasteiger partial charge in [-0.25, -0.2) is 14.8 Å². The Morgan fingerprint density at radius 2 is 1.38 bits per heavy atom. The molecule has 288 valence electrons. The minimum atomic E-state index is -0.675. The fourth-order valence-corrected chi connectivity index (χ4v) is 9.43. The molecular weight excluding hydrogens is 703 g/mol. The maximum atomic E-state index is 13.8. The highest BCUT2D eigenvalue weighted by molar-refractivity contribution is 5.86. The van der Waals surface area contributed by atoms with Crippen molar-refractivity contribution in [3.8, 4) is 33.6 Å². The number of carbonyl (C=O) groups excluding carboxylic acids is 3. The van der Waals surface area contributed by atoms with Gasteiger partial charge in [0, 0.05) is 12.5 Å². The quantitative estimate of drug-likeness (QED) is 0.109. The van der Waals surface area contributed by atoms with Crippen LogP contribution in [0.25, 0.3) is 33.6 Å². The number of methoxy groups -OCH3 is 1. The summed E-state index contributed by atoms with van der Waals surface area (Å²) in [6.45, 7) is 4.43. The highest BCUT2D eigenvalue weighted by Gasteiger charge is 2.61. The maximum absolute atomic E-state index is 13.8. The Morgan fingerprint density at radius 1 is 0.786 bits per heavy atom. The molecule has 0 spiro atoms. The third-order valence-electron chi connectivity index (χ3n) is 12.9. The molecule has 2 aromatic heterocycles. The van der Waals surface area contributed by atoms with Gasteiger partial charge in [0.25, 0.3) is 0 Å². The number of fused-ring (bicyclic) bond motifs is 1. The zero-order valence-corrected chi connectivity index (χ0v) is 32.1. The monoisotopic (exact) mass is 751 g/mol. The summed E-state index contributed by atoms with van der Waals surface area (Å²) >= 11 is 0. The largest absolute Gasteiger partial charge is 0.453 e. The Morgan fingerprint density at radius 3 is 1.95 bits per heavy atom. The molecule has 11 heteroatoms. The van der Waals surface area contributed by atoms with Crippen LogP contribution in [0.3, 0.4) is 0 Å². The molecule has 3 saturated carbocycles. The number of likely N-dealkylation sites (tertiary alicyclic amines) is 1. The van der Waals surface area contributed by atoms with Crippen LogP contribution >= 0.6 is 0 Å². The molecule has 5 aromatic rings. The van der Waals surface area contributed by atoms with Crippen LogP contribution in [-0.4, -0.2) is 62.4 Å². The number of aromatic nitrogens is 4. The summed E-state index contributed by atoms with van der Waals surface area (Å²) in [6.07, 6.45) is 9.04. The number of aromatic amines is 2. The molecule has 9 rings (SSSR count). The van der Waals surface area contributed by atoms with Crippen molar-refractivity contribution >= 4 is 17.9 Å². The van der Waals surface area contributed by atoms with Crippen LogP contribution in [0.4, 0.5) is 4.79 Å². The first-order chi connectivity index (χ1) is 27.2. The molecule has 0 radical (unpaired) electrons. The summed E-state index contributed by atoms with van der Waals surface area (Å²) in [7, 11) is 1.30. The predicted molar refractivity (Wildman–Crippen MR) is 213 cm³/mol. The van der Waals surface area contributed by atoms with Crippen LogP contribution in [0.15, 0.2) is 91.3 Å². The zero-order valence-electron chi connectivity index (χ0n) is 32.1. The summed E-state index contributed by atoms with van der Waals surface area (Å²) in [5, 5.41) is 6.17. The third kappa shape index (κ3) is 6.46. The average Bonchev–Trinajstić information content (AvgIpc) is 3.59. The molecule has 11 nitrogen and oxygen atoms in total. The summed E-state index contributed by atoms with van der Waals surface area (Å²) < 4.78 is 4.77. The highest BCUT2D eigenvalue weighted by Crippen LogP contribution is 2.63. The van der Waals surface area contributed by atoms with E-state index in [-0.39, 0.29) is 41.1 Å². The van der Waals surface area contributed by atoms with Crippen LogP contribution in [0.2, 0.25) is 0 Å². The van der Waals surface area contributed by atoms with Crippen molar-refractivity contribution in [2.45, 2.75) is 75.9 Å². The number of hydrogen-bond donors (Lipinski definition) is 4. The van der Waals surface area contributed by atoms with E-state index in [2.05, 4.69) is 93.4 Å². The van der Waals surface area contributed by atoms with Crippen molar-refractivity contribution in [3.63, 3.8) is 0 Å². The Bertz CT molecular complexity index is 2220. The van der Waals surface area contributed by atoms with Gasteiger partial charge in [-0.15, -0.1) is 0 Å². The smallest absolute Gasteiger partial charge is 0.407 e. The molecule has 3 amide bonds. The first-order valence-corrected chi connectivity index (χ1v) is 20.1.